The van der Waals surface area contributed by atoms with E-state index in [1.165, 1.54) is 6.07 Å². The number of nitro groups is 1. The molecule has 0 saturated heterocycles. The van der Waals surface area contributed by atoms with Gasteiger partial charge in [-0.1, -0.05) is 24.3 Å². The van der Waals surface area contributed by atoms with Gasteiger partial charge < -0.3 is 10.4 Å². The highest BCUT2D eigenvalue weighted by molar-refractivity contribution is 5.60. The lowest BCUT2D eigenvalue weighted by molar-refractivity contribution is -0.385. The van der Waals surface area contributed by atoms with Crippen LogP contribution in [0.25, 0.3) is 6.08 Å². The molecule has 5 heteroatoms. The van der Waals surface area contributed by atoms with Crippen molar-refractivity contribution in [2.45, 2.75) is 6.42 Å². The average molecular weight is 236 g/mol. The van der Waals surface area contributed by atoms with Crippen molar-refractivity contribution in [1.82, 2.24) is 5.32 Å². The number of hydrogen-bond donors (Lipinski definition) is 2. The van der Waals surface area contributed by atoms with Crippen molar-refractivity contribution in [2.24, 2.45) is 0 Å². The van der Waals surface area contributed by atoms with Gasteiger partial charge in [0, 0.05) is 19.2 Å². The normalized spacial score (nSPS) is 10.9. The molecule has 0 amide bonds. The summed E-state index contributed by atoms with van der Waals surface area (Å²) in [4.78, 5) is 10.3. The van der Waals surface area contributed by atoms with Crippen LogP contribution in [0.3, 0.4) is 0 Å². The number of benzene rings is 1. The molecule has 92 valence electrons. The summed E-state index contributed by atoms with van der Waals surface area (Å²) in [6.07, 6.45) is 4.27. The molecule has 0 radical (unpaired) electrons. The summed E-state index contributed by atoms with van der Waals surface area (Å²) in [5.74, 6) is 0. The van der Waals surface area contributed by atoms with Gasteiger partial charge in [0.25, 0.3) is 5.69 Å². The monoisotopic (exact) mass is 236 g/mol. The standard InChI is InChI=1S/C12H16N2O3/c15-10-4-9-13-8-3-6-11-5-1-2-7-12(11)14(16)17/h1-3,5-7,13,15H,4,8-10H2/b6-3+. The number of hydrogen-bond acceptors (Lipinski definition) is 4. The minimum absolute atomic E-state index is 0.110. The van der Waals surface area contributed by atoms with Crippen molar-refractivity contribution in [3.8, 4) is 0 Å². The molecule has 17 heavy (non-hydrogen) atoms. The third-order valence-electron chi connectivity index (χ3n) is 2.20. The quantitative estimate of drug-likeness (QED) is 0.428. The topological polar surface area (TPSA) is 75.4 Å². The van der Waals surface area contributed by atoms with Crippen molar-refractivity contribution >= 4 is 11.8 Å². The number of para-hydroxylation sites is 1. The van der Waals surface area contributed by atoms with E-state index in [2.05, 4.69) is 5.32 Å². The molecule has 0 aliphatic heterocycles. The smallest absolute Gasteiger partial charge is 0.276 e. The van der Waals surface area contributed by atoms with Crippen LogP contribution in [-0.4, -0.2) is 29.7 Å². The molecule has 1 rings (SSSR count). The van der Waals surface area contributed by atoms with Gasteiger partial charge in [-0.25, -0.2) is 0 Å². The average Bonchev–Trinajstić information content (AvgIpc) is 2.34. The number of nitrogens with one attached hydrogen (secondary N) is 1. The van der Waals surface area contributed by atoms with Crippen molar-refractivity contribution < 1.29 is 10.0 Å². The maximum absolute atomic E-state index is 10.7. The molecule has 0 unspecified atom stereocenters. The first-order valence-electron chi connectivity index (χ1n) is 5.47. The number of aliphatic hydroxyl groups excluding tert-OH is 1. The third kappa shape index (κ3) is 4.76. The number of nitro benzene ring substituents is 1. The van der Waals surface area contributed by atoms with E-state index in [1.807, 2.05) is 6.08 Å². The van der Waals surface area contributed by atoms with Gasteiger partial charge in [-0.2, -0.15) is 0 Å². The first kappa shape index (κ1) is 13.3. The summed E-state index contributed by atoms with van der Waals surface area (Å²) in [7, 11) is 0. The fraction of sp³-hybridized carbons (Fsp3) is 0.333. The highest BCUT2D eigenvalue weighted by Gasteiger charge is 2.08. The fourth-order valence-electron chi connectivity index (χ4n) is 1.37. The maximum atomic E-state index is 10.7. The Morgan fingerprint density at radius 1 is 1.41 bits per heavy atom. The Balaban J connectivity index is 2.50. The van der Waals surface area contributed by atoms with Crippen molar-refractivity contribution in [1.29, 1.82) is 0 Å². The highest BCUT2D eigenvalue weighted by atomic mass is 16.6. The van der Waals surface area contributed by atoms with E-state index in [0.29, 0.717) is 18.5 Å². The van der Waals surface area contributed by atoms with Crippen molar-refractivity contribution in [2.75, 3.05) is 19.7 Å². The summed E-state index contributed by atoms with van der Waals surface area (Å²) in [6.45, 7) is 1.53. The van der Waals surface area contributed by atoms with E-state index in [-0.39, 0.29) is 12.3 Å². The van der Waals surface area contributed by atoms with Crippen LogP contribution in [0, 0.1) is 10.1 Å². The van der Waals surface area contributed by atoms with Gasteiger partial charge in [-0.05, 0) is 19.0 Å². The van der Waals surface area contributed by atoms with Gasteiger partial charge in [0.15, 0.2) is 0 Å². The van der Waals surface area contributed by atoms with Crippen LogP contribution in [0.2, 0.25) is 0 Å². The van der Waals surface area contributed by atoms with E-state index >= 15 is 0 Å². The lowest BCUT2D eigenvalue weighted by Crippen LogP contribution is -2.15. The molecular weight excluding hydrogens is 220 g/mol. The minimum atomic E-state index is -0.390. The molecule has 2 N–H and O–H groups in total. The van der Waals surface area contributed by atoms with E-state index in [1.54, 1.807) is 24.3 Å². The zero-order chi connectivity index (χ0) is 12.5. The second-order valence-corrected chi connectivity index (χ2v) is 3.50. The highest BCUT2D eigenvalue weighted by Crippen LogP contribution is 2.18. The molecular formula is C12H16N2O3. The Morgan fingerprint density at radius 2 is 2.18 bits per heavy atom. The van der Waals surface area contributed by atoms with Crippen LogP contribution in [0.4, 0.5) is 5.69 Å². The second kappa shape index (κ2) is 7.54. The zero-order valence-electron chi connectivity index (χ0n) is 9.50. The Hall–Kier alpha value is -1.72. The molecule has 0 fully saturated rings. The molecule has 0 aromatic heterocycles. The van der Waals surface area contributed by atoms with Gasteiger partial charge in [-0.3, -0.25) is 10.1 Å². The molecule has 0 bridgehead atoms. The van der Waals surface area contributed by atoms with Crippen LogP contribution in [0.1, 0.15) is 12.0 Å². The molecule has 5 nitrogen and oxygen atoms in total. The lowest BCUT2D eigenvalue weighted by Gasteiger charge is -1.99. The van der Waals surface area contributed by atoms with Gasteiger partial charge in [0.2, 0.25) is 0 Å². The SMILES string of the molecule is O=[N+]([O-])c1ccccc1/C=C/CNCCCO. The van der Waals surface area contributed by atoms with Crippen molar-refractivity contribution in [3.05, 3.63) is 46.0 Å². The zero-order valence-corrected chi connectivity index (χ0v) is 9.50. The molecule has 1 aromatic carbocycles. The third-order valence-corrected chi connectivity index (χ3v) is 2.20. The minimum Gasteiger partial charge on any atom is -0.396 e. The first-order chi connectivity index (χ1) is 8.25. The second-order valence-electron chi connectivity index (χ2n) is 3.50. The summed E-state index contributed by atoms with van der Waals surface area (Å²) in [5, 5.41) is 22.4. The Labute approximate surface area is 99.9 Å². The van der Waals surface area contributed by atoms with E-state index in [4.69, 9.17) is 5.11 Å². The molecule has 0 heterocycles. The number of rotatable bonds is 7. The van der Waals surface area contributed by atoms with E-state index in [9.17, 15) is 10.1 Å². The Bertz CT molecular complexity index is 391. The molecule has 0 spiro atoms. The molecule has 0 atom stereocenters. The predicted molar refractivity (Wildman–Crippen MR) is 66.7 cm³/mol. The van der Waals surface area contributed by atoms with Crippen LogP contribution < -0.4 is 5.32 Å². The molecule has 0 aliphatic rings. The van der Waals surface area contributed by atoms with E-state index < -0.39 is 4.92 Å². The molecule has 0 aliphatic carbocycles. The molecule has 0 saturated carbocycles. The van der Waals surface area contributed by atoms with Crippen LogP contribution in [0.15, 0.2) is 30.3 Å². The summed E-state index contributed by atoms with van der Waals surface area (Å²) in [5.41, 5.74) is 0.709. The summed E-state index contributed by atoms with van der Waals surface area (Å²) >= 11 is 0. The fourth-order valence-corrected chi connectivity index (χ4v) is 1.37. The van der Waals surface area contributed by atoms with Crippen LogP contribution in [0.5, 0.6) is 0 Å². The summed E-state index contributed by atoms with van der Waals surface area (Å²) in [6, 6.07) is 6.61. The Morgan fingerprint density at radius 3 is 2.88 bits per heavy atom. The van der Waals surface area contributed by atoms with Gasteiger partial charge in [0.05, 0.1) is 10.5 Å². The maximum Gasteiger partial charge on any atom is 0.276 e. The lowest BCUT2D eigenvalue weighted by atomic mass is 10.1. The van der Waals surface area contributed by atoms with Gasteiger partial charge >= 0.3 is 0 Å². The Kier molecular flexibility index (Phi) is 5.92. The van der Waals surface area contributed by atoms with Crippen molar-refractivity contribution in [3.63, 3.8) is 0 Å². The largest absolute Gasteiger partial charge is 0.396 e. The van der Waals surface area contributed by atoms with Gasteiger partial charge in [-0.15, -0.1) is 0 Å². The predicted octanol–water partition coefficient (Wildman–Crippen LogP) is 1.58. The first-order valence-corrected chi connectivity index (χ1v) is 5.47. The van der Waals surface area contributed by atoms with Crippen LogP contribution in [-0.2, 0) is 0 Å². The molecule has 1 aromatic rings. The van der Waals surface area contributed by atoms with E-state index in [0.717, 1.165) is 6.54 Å². The number of aliphatic hydroxyl groups is 1. The van der Waals surface area contributed by atoms with Crippen LogP contribution >= 0.6 is 0 Å². The van der Waals surface area contributed by atoms with Gasteiger partial charge in [0.1, 0.15) is 0 Å². The number of nitrogens with zero attached hydrogens (tertiary/aromatic N) is 1. The summed E-state index contributed by atoms with van der Waals surface area (Å²) < 4.78 is 0.